The summed E-state index contributed by atoms with van der Waals surface area (Å²) in [7, 11) is 0. The van der Waals surface area contributed by atoms with Crippen LogP contribution in [0.15, 0.2) is 42.5 Å². The summed E-state index contributed by atoms with van der Waals surface area (Å²) in [5.74, 6) is -0.894. The quantitative estimate of drug-likeness (QED) is 0.552. The van der Waals surface area contributed by atoms with Gasteiger partial charge in [0.2, 0.25) is 5.91 Å². The molecule has 7 nitrogen and oxygen atoms in total. The van der Waals surface area contributed by atoms with Gasteiger partial charge in [-0.15, -0.1) is 11.3 Å². The molecule has 2 aromatic rings. The monoisotopic (exact) mass is 399 g/mol. The zero-order valence-electron chi connectivity index (χ0n) is 15.7. The van der Waals surface area contributed by atoms with Crippen molar-refractivity contribution >= 4 is 35.0 Å². The summed E-state index contributed by atoms with van der Waals surface area (Å²) in [4.78, 5) is 51.4. The first-order chi connectivity index (χ1) is 13.4. The van der Waals surface area contributed by atoms with E-state index in [4.69, 9.17) is 0 Å². The molecule has 2 heterocycles. The first kappa shape index (κ1) is 19.8. The fourth-order valence-electron chi connectivity index (χ4n) is 3.19. The van der Waals surface area contributed by atoms with E-state index in [1.165, 1.54) is 18.3 Å². The van der Waals surface area contributed by atoms with Crippen LogP contribution in [0.3, 0.4) is 0 Å². The summed E-state index contributed by atoms with van der Waals surface area (Å²) in [6.07, 6.45) is 0.381. The van der Waals surface area contributed by atoms with Crippen LogP contribution in [0.4, 0.5) is 4.79 Å². The number of nitrogens with zero attached hydrogens (tertiary/aromatic N) is 1. The van der Waals surface area contributed by atoms with E-state index in [1.54, 1.807) is 24.3 Å². The molecular formula is C20H21N3O4S. The Morgan fingerprint density at radius 3 is 2.50 bits per heavy atom. The third-order valence-corrected chi connectivity index (χ3v) is 5.85. The van der Waals surface area contributed by atoms with Gasteiger partial charge in [-0.25, -0.2) is 4.79 Å². The number of rotatable bonds is 7. The van der Waals surface area contributed by atoms with Gasteiger partial charge in [0, 0.05) is 11.8 Å². The number of urea groups is 1. The second kappa shape index (κ2) is 7.93. The van der Waals surface area contributed by atoms with Crippen molar-refractivity contribution in [1.29, 1.82) is 0 Å². The maximum absolute atomic E-state index is 13.1. The third kappa shape index (κ3) is 3.68. The normalized spacial score (nSPS) is 18.9. The van der Waals surface area contributed by atoms with Gasteiger partial charge in [0.05, 0.1) is 18.0 Å². The van der Waals surface area contributed by atoms with E-state index in [-0.39, 0.29) is 18.2 Å². The number of carbonyl (C=O) groups excluding carboxylic acids is 4. The molecule has 1 aliphatic rings. The van der Waals surface area contributed by atoms with Crippen molar-refractivity contribution in [2.24, 2.45) is 0 Å². The van der Waals surface area contributed by atoms with E-state index < -0.39 is 17.5 Å². The van der Waals surface area contributed by atoms with Crippen molar-refractivity contribution in [2.45, 2.75) is 32.4 Å². The van der Waals surface area contributed by atoms with E-state index in [2.05, 4.69) is 10.6 Å². The molecule has 1 fully saturated rings. The molecule has 1 aromatic carbocycles. The number of amides is 4. The summed E-state index contributed by atoms with van der Waals surface area (Å²) < 4.78 is 0. The first-order valence-corrected chi connectivity index (χ1v) is 9.75. The Labute approximate surface area is 166 Å². The van der Waals surface area contributed by atoms with Gasteiger partial charge in [0.25, 0.3) is 5.91 Å². The van der Waals surface area contributed by atoms with Gasteiger partial charge in [-0.2, -0.15) is 0 Å². The molecule has 3 rings (SSSR count). The maximum atomic E-state index is 13.1. The van der Waals surface area contributed by atoms with Crippen LogP contribution in [-0.2, 0) is 21.7 Å². The van der Waals surface area contributed by atoms with E-state index in [0.29, 0.717) is 23.4 Å². The minimum atomic E-state index is -1.15. The van der Waals surface area contributed by atoms with E-state index >= 15 is 0 Å². The molecule has 1 aliphatic heterocycles. The Bertz CT molecular complexity index is 925. The molecule has 4 amide bonds. The van der Waals surface area contributed by atoms with E-state index in [9.17, 15) is 19.2 Å². The standard InChI is InChI=1S/C20H21N3O4S/c1-3-20(14-7-5-4-6-8-14)18(26)23(19(27)22-20)12-16(25)17-10-9-15(28-17)11-21-13(2)24/h4-10H,3,11-12H2,1-2H3,(H,21,24)(H,22,27)/t20-/m0/s1. The Kier molecular flexibility index (Phi) is 5.60. The van der Waals surface area contributed by atoms with Crippen LogP contribution in [-0.4, -0.2) is 35.1 Å². The molecule has 1 saturated heterocycles. The Morgan fingerprint density at radius 1 is 1.14 bits per heavy atom. The molecule has 0 saturated carbocycles. The van der Waals surface area contributed by atoms with Crippen LogP contribution in [0.2, 0.25) is 0 Å². The lowest BCUT2D eigenvalue weighted by Crippen LogP contribution is -2.43. The number of Topliss-reactive ketones (excluding diaryl/α,β-unsaturated/α-hetero) is 1. The average molecular weight is 399 g/mol. The van der Waals surface area contributed by atoms with Crippen molar-refractivity contribution in [3.63, 3.8) is 0 Å². The molecule has 28 heavy (non-hydrogen) atoms. The predicted octanol–water partition coefficient (Wildman–Crippen LogP) is 2.42. The SMILES string of the molecule is CC[C@@]1(c2ccccc2)NC(=O)N(CC(=O)c2ccc(CNC(C)=O)s2)C1=O. The van der Waals surface area contributed by atoms with Gasteiger partial charge in [0.1, 0.15) is 5.54 Å². The highest BCUT2D eigenvalue weighted by Crippen LogP contribution is 2.32. The van der Waals surface area contributed by atoms with Crippen LogP contribution in [0.1, 0.15) is 40.4 Å². The Hall–Kier alpha value is -3.00. The molecule has 8 heteroatoms. The van der Waals surface area contributed by atoms with Gasteiger partial charge in [-0.1, -0.05) is 37.3 Å². The molecule has 0 radical (unpaired) electrons. The number of ketones is 1. The minimum Gasteiger partial charge on any atom is -0.351 e. The summed E-state index contributed by atoms with van der Waals surface area (Å²) in [6.45, 7) is 3.26. The summed E-state index contributed by atoms with van der Waals surface area (Å²) in [5.41, 5.74) is -0.454. The van der Waals surface area contributed by atoms with Crippen LogP contribution in [0.25, 0.3) is 0 Å². The van der Waals surface area contributed by atoms with Crippen molar-refractivity contribution < 1.29 is 19.2 Å². The van der Waals surface area contributed by atoms with Crippen LogP contribution in [0.5, 0.6) is 0 Å². The van der Waals surface area contributed by atoms with Gasteiger partial charge in [-0.3, -0.25) is 19.3 Å². The number of imide groups is 1. The molecule has 1 atom stereocenters. The highest BCUT2D eigenvalue weighted by molar-refractivity contribution is 7.14. The smallest absolute Gasteiger partial charge is 0.325 e. The largest absolute Gasteiger partial charge is 0.351 e. The first-order valence-electron chi connectivity index (χ1n) is 8.93. The fraction of sp³-hybridized carbons (Fsp3) is 0.300. The lowest BCUT2D eigenvalue weighted by Gasteiger charge is -2.25. The predicted molar refractivity (Wildman–Crippen MR) is 105 cm³/mol. The average Bonchev–Trinajstić information content (AvgIpc) is 3.26. The van der Waals surface area contributed by atoms with Crippen molar-refractivity contribution in [2.75, 3.05) is 6.54 Å². The Morgan fingerprint density at radius 2 is 1.86 bits per heavy atom. The van der Waals surface area contributed by atoms with E-state index in [0.717, 1.165) is 9.78 Å². The number of hydrogen-bond acceptors (Lipinski definition) is 5. The molecular weight excluding hydrogens is 378 g/mol. The molecule has 0 spiro atoms. The van der Waals surface area contributed by atoms with Crippen molar-refractivity contribution in [3.8, 4) is 0 Å². The van der Waals surface area contributed by atoms with Crippen LogP contribution in [0, 0.1) is 0 Å². The van der Waals surface area contributed by atoms with Gasteiger partial charge >= 0.3 is 6.03 Å². The topological polar surface area (TPSA) is 95.6 Å². The lowest BCUT2D eigenvalue weighted by molar-refractivity contribution is -0.131. The zero-order valence-corrected chi connectivity index (χ0v) is 16.5. The number of thiophene rings is 1. The molecule has 146 valence electrons. The number of nitrogens with one attached hydrogen (secondary N) is 2. The minimum absolute atomic E-state index is 0.155. The van der Waals surface area contributed by atoms with Gasteiger partial charge in [0.15, 0.2) is 5.78 Å². The Balaban J connectivity index is 1.76. The fourth-order valence-corrected chi connectivity index (χ4v) is 4.07. The summed E-state index contributed by atoms with van der Waals surface area (Å²) in [5, 5.41) is 5.44. The summed E-state index contributed by atoms with van der Waals surface area (Å²) in [6, 6.07) is 11.9. The molecule has 1 aromatic heterocycles. The second-order valence-corrected chi connectivity index (χ2v) is 7.71. The van der Waals surface area contributed by atoms with Crippen LogP contribution >= 0.6 is 11.3 Å². The number of benzene rings is 1. The molecule has 0 aliphatic carbocycles. The van der Waals surface area contributed by atoms with Gasteiger partial charge < -0.3 is 10.6 Å². The van der Waals surface area contributed by atoms with Gasteiger partial charge in [-0.05, 0) is 24.1 Å². The summed E-state index contributed by atoms with van der Waals surface area (Å²) >= 11 is 1.24. The molecule has 0 bridgehead atoms. The third-order valence-electron chi connectivity index (χ3n) is 4.72. The van der Waals surface area contributed by atoms with Crippen molar-refractivity contribution in [3.05, 3.63) is 57.8 Å². The number of hydrogen-bond donors (Lipinski definition) is 2. The molecule has 0 unspecified atom stereocenters. The number of carbonyl (C=O) groups is 4. The second-order valence-electron chi connectivity index (χ2n) is 6.55. The van der Waals surface area contributed by atoms with Crippen molar-refractivity contribution in [1.82, 2.24) is 15.5 Å². The van der Waals surface area contributed by atoms with E-state index in [1.807, 2.05) is 25.1 Å². The maximum Gasteiger partial charge on any atom is 0.325 e. The zero-order chi connectivity index (χ0) is 20.3. The highest BCUT2D eigenvalue weighted by atomic mass is 32.1. The molecule has 2 N–H and O–H groups in total. The lowest BCUT2D eigenvalue weighted by atomic mass is 9.87. The highest BCUT2D eigenvalue weighted by Gasteiger charge is 2.51. The van der Waals surface area contributed by atoms with Crippen LogP contribution < -0.4 is 10.6 Å².